The molecule has 0 aliphatic heterocycles. The van der Waals surface area contributed by atoms with Gasteiger partial charge in [0.15, 0.2) is 0 Å². The van der Waals surface area contributed by atoms with Crippen molar-refractivity contribution in [1.29, 1.82) is 0 Å². The summed E-state index contributed by atoms with van der Waals surface area (Å²) in [5.74, 6) is -0.313. The van der Waals surface area contributed by atoms with Crippen molar-refractivity contribution < 1.29 is 21.8 Å². The van der Waals surface area contributed by atoms with Gasteiger partial charge in [-0.15, -0.1) is 11.3 Å². The third-order valence-electron chi connectivity index (χ3n) is 4.77. The van der Waals surface area contributed by atoms with Gasteiger partial charge in [0.25, 0.3) is 0 Å². The van der Waals surface area contributed by atoms with Crippen LogP contribution in [0.25, 0.3) is 0 Å². The number of carbonyl (C=O) groups is 1. The van der Waals surface area contributed by atoms with Crippen LogP contribution in [0.15, 0.2) is 70.9 Å². The first-order valence-electron chi connectivity index (χ1n) is 9.51. The summed E-state index contributed by atoms with van der Waals surface area (Å²) in [4.78, 5) is 15.5. The largest absolute Gasteiger partial charge is 0.379 e. The van der Waals surface area contributed by atoms with E-state index in [0.29, 0.717) is 13.0 Å². The summed E-state index contributed by atoms with van der Waals surface area (Å²) in [7, 11) is -4.08. The maximum atomic E-state index is 13.1. The summed E-state index contributed by atoms with van der Waals surface area (Å²) in [6.07, 6.45) is 2.32. The third-order valence-corrected chi connectivity index (χ3v) is 6.91. The molecule has 0 N–H and O–H groups in total. The van der Waals surface area contributed by atoms with Crippen molar-refractivity contribution in [1.82, 2.24) is 4.90 Å². The number of nitrogens with zero attached hydrogens (tertiary/aromatic N) is 1. The van der Waals surface area contributed by atoms with Gasteiger partial charge in [0.05, 0.1) is 6.42 Å². The molecule has 2 aromatic carbocycles. The molecule has 0 atom stereocenters. The van der Waals surface area contributed by atoms with E-state index in [4.69, 9.17) is 4.18 Å². The van der Waals surface area contributed by atoms with E-state index in [0.717, 1.165) is 47.5 Å². The van der Waals surface area contributed by atoms with Crippen molar-refractivity contribution in [2.75, 3.05) is 0 Å². The van der Waals surface area contributed by atoms with Crippen LogP contribution in [0.3, 0.4) is 0 Å². The molecule has 3 aromatic rings. The first kappa shape index (κ1) is 20.6. The van der Waals surface area contributed by atoms with Gasteiger partial charge in [0, 0.05) is 17.5 Å². The van der Waals surface area contributed by atoms with Crippen molar-refractivity contribution in [2.45, 2.75) is 36.7 Å². The molecular formula is C22H20FNO4S2. The van der Waals surface area contributed by atoms with Gasteiger partial charge >= 0.3 is 10.1 Å². The number of thiophene rings is 1. The predicted molar refractivity (Wildman–Crippen MR) is 112 cm³/mol. The van der Waals surface area contributed by atoms with Gasteiger partial charge in [0.1, 0.15) is 16.5 Å². The molecule has 156 valence electrons. The standard InChI is InChI=1S/C22H20FNO4S2/c23-17-6-10-21(11-7-17)30(26,27)28-19-4-1-3-16(13-19)15-24(18-8-9-18)22(25)14-20-5-2-12-29-20/h1-7,10-13,18H,8-9,14-15H2. The van der Waals surface area contributed by atoms with E-state index in [2.05, 4.69) is 0 Å². The van der Waals surface area contributed by atoms with Crippen LogP contribution in [-0.4, -0.2) is 25.3 Å². The van der Waals surface area contributed by atoms with E-state index in [1.807, 2.05) is 28.5 Å². The highest BCUT2D eigenvalue weighted by Gasteiger charge is 2.32. The van der Waals surface area contributed by atoms with Gasteiger partial charge in [-0.3, -0.25) is 4.79 Å². The molecule has 1 aromatic heterocycles. The van der Waals surface area contributed by atoms with E-state index >= 15 is 0 Å². The topological polar surface area (TPSA) is 63.7 Å². The van der Waals surface area contributed by atoms with E-state index < -0.39 is 15.9 Å². The van der Waals surface area contributed by atoms with Crippen molar-refractivity contribution in [2.24, 2.45) is 0 Å². The third kappa shape index (κ3) is 5.06. The highest BCUT2D eigenvalue weighted by molar-refractivity contribution is 7.87. The Morgan fingerprint density at radius 1 is 1.10 bits per heavy atom. The molecule has 1 fully saturated rings. The number of carbonyl (C=O) groups excluding carboxylic acids is 1. The number of hydrogen-bond acceptors (Lipinski definition) is 5. The average Bonchev–Trinajstić information content (AvgIpc) is 3.42. The molecule has 0 unspecified atom stereocenters. The Kier molecular flexibility index (Phi) is 5.87. The maximum absolute atomic E-state index is 13.1. The van der Waals surface area contributed by atoms with Gasteiger partial charge in [-0.2, -0.15) is 8.42 Å². The lowest BCUT2D eigenvalue weighted by atomic mass is 10.2. The Bertz CT molecular complexity index is 1120. The van der Waals surface area contributed by atoms with Crippen molar-refractivity contribution in [3.8, 4) is 5.75 Å². The second-order valence-corrected chi connectivity index (χ2v) is 9.73. The van der Waals surface area contributed by atoms with Crippen LogP contribution in [0.1, 0.15) is 23.3 Å². The summed E-state index contributed by atoms with van der Waals surface area (Å²) in [6.45, 7) is 0.392. The van der Waals surface area contributed by atoms with Crippen LogP contribution in [0.5, 0.6) is 5.75 Å². The Hall–Kier alpha value is -2.71. The number of amides is 1. The summed E-state index contributed by atoms with van der Waals surface area (Å²) >= 11 is 1.56. The summed E-state index contributed by atoms with van der Waals surface area (Å²) in [5.41, 5.74) is 0.785. The molecule has 1 heterocycles. The van der Waals surface area contributed by atoms with Gasteiger partial charge in [0.2, 0.25) is 5.91 Å². The SMILES string of the molecule is O=C(Cc1cccs1)N(Cc1cccc(OS(=O)(=O)c2ccc(F)cc2)c1)C1CC1. The van der Waals surface area contributed by atoms with Gasteiger partial charge in [-0.05, 0) is 66.2 Å². The second kappa shape index (κ2) is 8.57. The fraction of sp³-hybridized carbons (Fsp3) is 0.227. The molecular weight excluding hydrogens is 425 g/mol. The quantitative estimate of drug-likeness (QED) is 0.483. The van der Waals surface area contributed by atoms with Gasteiger partial charge < -0.3 is 9.08 Å². The second-order valence-electron chi connectivity index (χ2n) is 7.15. The Balaban J connectivity index is 1.48. The molecule has 5 nitrogen and oxygen atoms in total. The van der Waals surface area contributed by atoms with E-state index in [9.17, 15) is 17.6 Å². The minimum Gasteiger partial charge on any atom is -0.379 e. The Labute approximate surface area is 178 Å². The Morgan fingerprint density at radius 2 is 1.87 bits per heavy atom. The molecule has 4 rings (SSSR count). The summed E-state index contributed by atoms with van der Waals surface area (Å²) in [5, 5.41) is 1.95. The van der Waals surface area contributed by atoms with E-state index in [1.165, 1.54) is 0 Å². The molecule has 0 bridgehead atoms. The molecule has 30 heavy (non-hydrogen) atoms. The predicted octanol–water partition coefficient (Wildman–Crippen LogP) is 4.39. The zero-order valence-electron chi connectivity index (χ0n) is 16.0. The van der Waals surface area contributed by atoms with Crippen LogP contribution in [0.4, 0.5) is 4.39 Å². The highest BCUT2D eigenvalue weighted by atomic mass is 32.2. The minimum atomic E-state index is -4.08. The molecule has 8 heteroatoms. The van der Waals surface area contributed by atoms with Crippen molar-refractivity contribution in [3.05, 3.63) is 82.3 Å². The van der Waals surface area contributed by atoms with Crippen LogP contribution in [0, 0.1) is 5.82 Å². The fourth-order valence-electron chi connectivity index (χ4n) is 3.14. The van der Waals surface area contributed by atoms with Crippen molar-refractivity contribution >= 4 is 27.4 Å². The summed E-state index contributed by atoms with van der Waals surface area (Å²) < 4.78 is 43.2. The monoisotopic (exact) mass is 445 g/mol. The first-order chi connectivity index (χ1) is 14.4. The van der Waals surface area contributed by atoms with E-state index in [1.54, 1.807) is 29.5 Å². The van der Waals surface area contributed by atoms with Crippen LogP contribution in [0.2, 0.25) is 0 Å². The molecule has 1 amide bonds. The lowest BCUT2D eigenvalue weighted by molar-refractivity contribution is -0.131. The van der Waals surface area contributed by atoms with Crippen LogP contribution < -0.4 is 4.18 Å². The normalized spacial score (nSPS) is 13.8. The summed E-state index contributed by atoms with van der Waals surface area (Å²) in [6, 6.07) is 15.3. The average molecular weight is 446 g/mol. The molecule has 1 saturated carbocycles. The smallest absolute Gasteiger partial charge is 0.339 e. The number of halogens is 1. The number of rotatable bonds is 8. The van der Waals surface area contributed by atoms with Crippen LogP contribution in [-0.2, 0) is 27.9 Å². The maximum Gasteiger partial charge on any atom is 0.339 e. The lowest BCUT2D eigenvalue weighted by Gasteiger charge is -2.22. The number of benzene rings is 2. The number of hydrogen-bond donors (Lipinski definition) is 0. The molecule has 0 saturated heterocycles. The Morgan fingerprint density at radius 3 is 2.53 bits per heavy atom. The fourth-order valence-corrected chi connectivity index (χ4v) is 4.76. The van der Waals surface area contributed by atoms with Crippen molar-refractivity contribution in [3.63, 3.8) is 0 Å². The first-order valence-corrected chi connectivity index (χ1v) is 11.8. The van der Waals surface area contributed by atoms with E-state index in [-0.39, 0.29) is 22.6 Å². The zero-order chi connectivity index (χ0) is 21.1. The minimum absolute atomic E-state index is 0.0604. The molecule has 0 spiro atoms. The van der Waals surface area contributed by atoms with Gasteiger partial charge in [-0.25, -0.2) is 4.39 Å². The molecule has 1 aliphatic rings. The highest BCUT2D eigenvalue weighted by Crippen LogP contribution is 2.30. The molecule has 0 radical (unpaired) electrons. The van der Waals surface area contributed by atoms with Gasteiger partial charge in [-0.1, -0.05) is 18.2 Å². The van der Waals surface area contributed by atoms with Crippen LogP contribution >= 0.6 is 11.3 Å². The molecule has 1 aliphatic carbocycles. The lowest BCUT2D eigenvalue weighted by Crippen LogP contribution is -2.33. The zero-order valence-corrected chi connectivity index (χ0v) is 17.7.